The molecule has 1 saturated carbocycles. The Morgan fingerprint density at radius 1 is 1.11 bits per heavy atom. The molecule has 0 radical (unpaired) electrons. The highest BCUT2D eigenvalue weighted by molar-refractivity contribution is 6.30. The van der Waals surface area contributed by atoms with Crippen molar-refractivity contribution in [1.29, 1.82) is 0 Å². The highest BCUT2D eigenvalue weighted by Gasteiger charge is 2.19. The van der Waals surface area contributed by atoms with Gasteiger partial charge in [-0.05, 0) is 60.9 Å². The fraction of sp³-hybridized carbons (Fsp3) is 0.217. The second-order valence-electron chi connectivity index (χ2n) is 7.22. The molecule has 1 aromatic heterocycles. The number of carbonyl (C=O) groups excluding carboxylic acids is 1. The summed E-state index contributed by atoms with van der Waals surface area (Å²) >= 11 is 5.87. The number of nitrogens with one attached hydrogen (secondary N) is 1. The molecule has 0 saturated heterocycles. The van der Waals surface area contributed by atoms with E-state index in [1.165, 1.54) is 31.8 Å². The van der Waals surface area contributed by atoms with Gasteiger partial charge in [0.2, 0.25) is 5.91 Å². The molecule has 0 unspecified atom stereocenters. The number of nitrogens with two attached hydrogens (primary N) is 1. The first-order valence-electron chi connectivity index (χ1n) is 9.53. The number of pyridine rings is 1. The molecule has 0 aliphatic heterocycles. The molecule has 0 bridgehead atoms. The number of nitrogen functional groups attached to an aromatic ring is 1. The third kappa shape index (κ3) is 4.18. The molecule has 1 heterocycles. The quantitative estimate of drug-likeness (QED) is 0.554. The second-order valence-corrected chi connectivity index (χ2v) is 7.66. The first-order chi connectivity index (χ1) is 13.6. The van der Waals surface area contributed by atoms with Crippen LogP contribution in [-0.2, 0) is 4.79 Å². The van der Waals surface area contributed by atoms with Crippen molar-refractivity contribution in [3.05, 3.63) is 70.9 Å². The Morgan fingerprint density at radius 2 is 1.86 bits per heavy atom. The molecule has 4 rings (SSSR count). The van der Waals surface area contributed by atoms with Crippen molar-refractivity contribution in [2.45, 2.75) is 31.6 Å². The van der Waals surface area contributed by atoms with E-state index >= 15 is 0 Å². The Morgan fingerprint density at radius 3 is 2.61 bits per heavy atom. The van der Waals surface area contributed by atoms with E-state index in [1.807, 2.05) is 36.4 Å². The van der Waals surface area contributed by atoms with Gasteiger partial charge in [-0.15, -0.1) is 0 Å². The first-order valence-corrected chi connectivity index (χ1v) is 9.91. The third-order valence-corrected chi connectivity index (χ3v) is 5.45. The van der Waals surface area contributed by atoms with Crippen LogP contribution in [0.1, 0.15) is 42.9 Å². The molecule has 1 aliphatic carbocycles. The Hall–Kier alpha value is -2.85. The summed E-state index contributed by atoms with van der Waals surface area (Å²) in [5.74, 6) is 0.312. The summed E-state index contributed by atoms with van der Waals surface area (Å²) in [6.45, 7) is 0. The SMILES string of the molecule is Nc1cc(C2CCCC2)nc2ccc(NC(=O)/C=C/c3ccc(Cl)cc3)cc12. The minimum absolute atomic E-state index is 0.205. The average molecular weight is 392 g/mol. The van der Waals surface area contributed by atoms with Gasteiger partial charge in [-0.1, -0.05) is 36.6 Å². The molecule has 3 N–H and O–H groups in total. The molecule has 4 nitrogen and oxygen atoms in total. The molecule has 1 amide bonds. The normalized spacial score (nSPS) is 14.8. The number of aromatic nitrogens is 1. The number of rotatable bonds is 4. The van der Waals surface area contributed by atoms with Crippen molar-refractivity contribution in [1.82, 2.24) is 4.98 Å². The predicted molar refractivity (Wildman–Crippen MR) is 116 cm³/mol. The van der Waals surface area contributed by atoms with Crippen LogP contribution in [0.4, 0.5) is 11.4 Å². The van der Waals surface area contributed by atoms with Crippen molar-refractivity contribution in [2.75, 3.05) is 11.1 Å². The molecule has 3 aromatic rings. The Kier molecular flexibility index (Phi) is 5.31. The van der Waals surface area contributed by atoms with Gasteiger partial charge in [0.1, 0.15) is 0 Å². The van der Waals surface area contributed by atoms with Crippen LogP contribution in [-0.4, -0.2) is 10.9 Å². The summed E-state index contributed by atoms with van der Waals surface area (Å²) < 4.78 is 0. The largest absolute Gasteiger partial charge is 0.398 e. The number of hydrogen-bond donors (Lipinski definition) is 2. The molecule has 142 valence electrons. The van der Waals surface area contributed by atoms with Gasteiger partial charge in [0.15, 0.2) is 0 Å². The van der Waals surface area contributed by atoms with Gasteiger partial charge < -0.3 is 11.1 Å². The summed E-state index contributed by atoms with van der Waals surface area (Å²) in [6.07, 6.45) is 8.14. The van der Waals surface area contributed by atoms with Crippen molar-refractivity contribution in [3.63, 3.8) is 0 Å². The lowest BCUT2D eigenvalue weighted by molar-refractivity contribution is -0.111. The highest BCUT2D eigenvalue weighted by Crippen LogP contribution is 2.35. The lowest BCUT2D eigenvalue weighted by Crippen LogP contribution is -2.08. The maximum atomic E-state index is 12.2. The number of carbonyl (C=O) groups is 1. The summed E-state index contributed by atoms with van der Waals surface area (Å²) in [4.78, 5) is 17.0. The van der Waals surface area contributed by atoms with Gasteiger partial charge in [-0.2, -0.15) is 0 Å². The van der Waals surface area contributed by atoms with Gasteiger partial charge >= 0.3 is 0 Å². The number of hydrogen-bond acceptors (Lipinski definition) is 3. The molecule has 1 aliphatic rings. The molecule has 2 aromatic carbocycles. The molecular formula is C23H22ClN3O. The summed E-state index contributed by atoms with van der Waals surface area (Å²) in [7, 11) is 0. The van der Waals surface area contributed by atoms with Crippen molar-refractivity contribution in [3.8, 4) is 0 Å². The standard InChI is InChI=1S/C23H22ClN3O/c24-17-8-5-15(6-9-17)7-12-23(28)26-18-10-11-21-19(13-18)20(25)14-22(27-21)16-3-1-2-4-16/h5-14,16H,1-4H2,(H2,25,27)(H,26,28)/b12-7+. The average Bonchev–Trinajstić information content (AvgIpc) is 3.23. The Balaban J connectivity index is 1.51. The lowest BCUT2D eigenvalue weighted by atomic mass is 10.0. The molecule has 1 fully saturated rings. The van der Waals surface area contributed by atoms with Crippen LogP contribution >= 0.6 is 11.6 Å². The van der Waals surface area contributed by atoms with Gasteiger partial charge in [-0.3, -0.25) is 9.78 Å². The minimum Gasteiger partial charge on any atom is -0.398 e. The third-order valence-electron chi connectivity index (χ3n) is 5.20. The van der Waals surface area contributed by atoms with Crippen LogP contribution in [0.5, 0.6) is 0 Å². The monoisotopic (exact) mass is 391 g/mol. The smallest absolute Gasteiger partial charge is 0.248 e. The zero-order chi connectivity index (χ0) is 19.5. The molecule has 0 atom stereocenters. The number of halogens is 1. The maximum absolute atomic E-state index is 12.2. The fourth-order valence-corrected chi connectivity index (χ4v) is 3.84. The fourth-order valence-electron chi connectivity index (χ4n) is 3.71. The number of amides is 1. The highest BCUT2D eigenvalue weighted by atomic mass is 35.5. The van der Waals surface area contributed by atoms with Gasteiger partial charge in [-0.25, -0.2) is 0 Å². The van der Waals surface area contributed by atoms with Gasteiger partial charge in [0, 0.05) is 39.5 Å². The Bertz CT molecular complexity index is 1040. The summed E-state index contributed by atoms with van der Waals surface area (Å²) in [6, 6.07) is 14.9. The van der Waals surface area contributed by atoms with Gasteiger partial charge in [0.05, 0.1) is 5.52 Å². The topological polar surface area (TPSA) is 68.0 Å². The number of nitrogens with zero attached hydrogens (tertiary/aromatic N) is 1. The van der Waals surface area contributed by atoms with Gasteiger partial charge in [0.25, 0.3) is 0 Å². The van der Waals surface area contributed by atoms with Crippen molar-refractivity contribution in [2.24, 2.45) is 0 Å². The van der Waals surface area contributed by atoms with Crippen molar-refractivity contribution < 1.29 is 4.79 Å². The summed E-state index contributed by atoms with van der Waals surface area (Å²) in [5.41, 5.74) is 10.6. The maximum Gasteiger partial charge on any atom is 0.248 e. The molecular weight excluding hydrogens is 370 g/mol. The van der Waals surface area contributed by atoms with Crippen LogP contribution in [0.25, 0.3) is 17.0 Å². The number of anilines is 2. The van der Waals surface area contributed by atoms with Crippen LogP contribution in [0.3, 0.4) is 0 Å². The Labute approximate surface area is 169 Å². The van der Waals surface area contributed by atoms with E-state index in [-0.39, 0.29) is 5.91 Å². The lowest BCUT2D eigenvalue weighted by Gasteiger charge is -2.12. The first kappa shape index (κ1) is 18.5. The van der Waals surface area contributed by atoms with E-state index in [0.717, 1.165) is 22.2 Å². The van der Waals surface area contributed by atoms with E-state index in [2.05, 4.69) is 5.32 Å². The summed E-state index contributed by atoms with van der Waals surface area (Å²) in [5, 5.41) is 4.41. The number of benzene rings is 2. The molecule has 28 heavy (non-hydrogen) atoms. The van der Waals surface area contributed by atoms with Crippen molar-refractivity contribution >= 4 is 45.9 Å². The molecule has 0 spiro atoms. The van der Waals surface area contributed by atoms with Crippen LogP contribution in [0, 0.1) is 0 Å². The van der Waals surface area contributed by atoms with E-state index < -0.39 is 0 Å². The van der Waals surface area contributed by atoms with E-state index in [0.29, 0.717) is 22.3 Å². The molecule has 5 heteroatoms. The second kappa shape index (κ2) is 8.03. The predicted octanol–water partition coefficient (Wildman–Crippen LogP) is 5.78. The van der Waals surface area contributed by atoms with Crippen LogP contribution in [0.2, 0.25) is 5.02 Å². The van der Waals surface area contributed by atoms with Crippen LogP contribution in [0.15, 0.2) is 54.6 Å². The minimum atomic E-state index is -0.205. The van der Waals surface area contributed by atoms with Crippen LogP contribution < -0.4 is 11.1 Å². The zero-order valence-corrected chi connectivity index (χ0v) is 16.2. The number of fused-ring (bicyclic) bond motifs is 1. The van der Waals surface area contributed by atoms with E-state index in [1.54, 1.807) is 18.2 Å². The van der Waals surface area contributed by atoms with E-state index in [4.69, 9.17) is 22.3 Å². The zero-order valence-electron chi connectivity index (χ0n) is 15.5. The van der Waals surface area contributed by atoms with E-state index in [9.17, 15) is 4.79 Å².